The Labute approximate surface area is 169 Å². The Balaban J connectivity index is 1.76. The number of hydrogen-bond donors (Lipinski definition) is 1. The molecule has 1 aliphatic rings. The van der Waals surface area contributed by atoms with Gasteiger partial charge < -0.3 is 15.2 Å². The van der Waals surface area contributed by atoms with Gasteiger partial charge in [0.1, 0.15) is 5.56 Å². The lowest BCUT2D eigenvalue weighted by Gasteiger charge is -2.30. The molecule has 2 aromatic heterocycles. The van der Waals surface area contributed by atoms with Gasteiger partial charge in [0, 0.05) is 31.4 Å². The first-order valence-corrected chi connectivity index (χ1v) is 9.84. The van der Waals surface area contributed by atoms with Gasteiger partial charge in [0.15, 0.2) is 5.82 Å². The summed E-state index contributed by atoms with van der Waals surface area (Å²) < 4.78 is 3.75. The number of primary amides is 1. The maximum Gasteiger partial charge on any atom is 0.259 e. The van der Waals surface area contributed by atoms with Crippen LogP contribution >= 0.6 is 0 Å². The van der Waals surface area contributed by atoms with Crippen molar-refractivity contribution in [3.63, 3.8) is 0 Å². The normalized spacial score (nSPS) is 14.9. The Morgan fingerprint density at radius 2 is 1.76 bits per heavy atom. The predicted octanol–water partition coefficient (Wildman–Crippen LogP) is 2.62. The second-order valence-electron chi connectivity index (χ2n) is 7.59. The monoisotopic (exact) mass is 391 g/mol. The predicted molar refractivity (Wildman–Crippen MR) is 110 cm³/mol. The highest BCUT2D eigenvalue weighted by molar-refractivity contribution is 5.99. The largest absolute Gasteiger partial charge is 0.369 e. The minimum atomic E-state index is -0.284. The number of aryl methyl sites for hydroxylation is 2. The van der Waals surface area contributed by atoms with Crippen molar-refractivity contribution in [3.8, 4) is 11.5 Å². The molecule has 0 radical (unpaired) electrons. The summed E-state index contributed by atoms with van der Waals surface area (Å²) in [6, 6.07) is 11.9. The van der Waals surface area contributed by atoms with Crippen LogP contribution in [0.5, 0.6) is 0 Å². The molecule has 1 fully saturated rings. The van der Waals surface area contributed by atoms with Crippen molar-refractivity contribution >= 4 is 11.8 Å². The molecule has 1 aromatic carbocycles. The van der Waals surface area contributed by atoms with Crippen molar-refractivity contribution in [1.82, 2.24) is 19.2 Å². The summed E-state index contributed by atoms with van der Waals surface area (Å²) in [4.78, 5) is 26.7. The molecule has 0 atom stereocenters. The van der Waals surface area contributed by atoms with E-state index < -0.39 is 0 Å². The molecule has 29 heavy (non-hydrogen) atoms. The van der Waals surface area contributed by atoms with Gasteiger partial charge in [-0.15, -0.1) is 0 Å². The molecule has 0 spiro atoms. The number of aromatic nitrogens is 3. The second-order valence-corrected chi connectivity index (χ2v) is 7.59. The van der Waals surface area contributed by atoms with E-state index in [-0.39, 0.29) is 17.7 Å². The Kier molecular flexibility index (Phi) is 4.96. The molecule has 0 unspecified atom stereocenters. The first-order valence-electron chi connectivity index (χ1n) is 9.84. The third kappa shape index (κ3) is 3.55. The van der Waals surface area contributed by atoms with Crippen LogP contribution in [0.25, 0.3) is 11.5 Å². The lowest BCUT2D eigenvalue weighted by molar-refractivity contribution is -0.123. The summed E-state index contributed by atoms with van der Waals surface area (Å²) in [6.07, 6.45) is 5.04. The van der Waals surface area contributed by atoms with Crippen molar-refractivity contribution in [2.24, 2.45) is 11.7 Å². The second kappa shape index (κ2) is 7.58. The number of amides is 2. The molecule has 0 bridgehead atoms. The van der Waals surface area contributed by atoms with Gasteiger partial charge >= 0.3 is 0 Å². The summed E-state index contributed by atoms with van der Waals surface area (Å²) in [6.45, 7) is 4.94. The van der Waals surface area contributed by atoms with Crippen LogP contribution in [-0.2, 0) is 4.79 Å². The van der Waals surface area contributed by atoms with E-state index in [4.69, 9.17) is 10.8 Å². The molecule has 150 valence electrons. The first-order chi connectivity index (χ1) is 14.0. The molecule has 3 heterocycles. The standard InChI is InChI=1S/C22H25N5O2/c1-15-6-5-7-18(14-15)27-21(25-10-3-4-11-25)19(16(2)24-27)22(29)26-12-8-17(9-13-26)20(23)28/h3-7,10-11,14,17H,8-9,12-13H2,1-2H3,(H2,23,28). The van der Waals surface area contributed by atoms with Crippen molar-refractivity contribution in [2.45, 2.75) is 26.7 Å². The van der Waals surface area contributed by atoms with Gasteiger partial charge in [-0.25, -0.2) is 4.68 Å². The van der Waals surface area contributed by atoms with E-state index in [1.807, 2.05) is 71.9 Å². The molecule has 7 nitrogen and oxygen atoms in total. The van der Waals surface area contributed by atoms with Gasteiger partial charge in [-0.2, -0.15) is 5.10 Å². The van der Waals surface area contributed by atoms with Crippen molar-refractivity contribution in [1.29, 1.82) is 0 Å². The van der Waals surface area contributed by atoms with Crippen molar-refractivity contribution < 1.29 is 9.59 Å². The van der Waals surface area contributed by atoms with Crippen LogP contribution in [0, 0.1) is 19.8 Å². The Morgan fingerprint density at radius 1 is 1.07 bits per heavy atom. The van der Waals surface area contributed by atoms with Gasteiger partial charge in [-0.05, 0) is 56.5 Å². The van der Waals surface area contributed by atoms with E-state index in [1.54, 1.807) is 4.90 Å². The quantitative estimate of drug-likeness (QED) is 0.742. The highest BCUT2D eigenvalue weighted by atomic mass is 16.2. The fourth-order valence-corrected chi connectivity index (χ4v) is 3.94. The zero-order chi connectivity index (χ0) is 20.5. The summed E-state index contributed by atoms with van der Waals surface area (Å²) in [5.74, 6) is 0.223. The number of hydrogen-bond acceptors (Lipinski definition) is 3. The van der Waals surface area contributed by atoms with Gasteiger partial charge in [-0.1, -0.05) is 12.1 Å². The number of nitrogens with two attached hydrogens (primary N) is 1. The zero-order valence-corrected chi connectivity index (χ0v) is 16.7. The molecular formula is C22H25N5O2. The Hall–Kier alpha value is -3.35. The van der Waals surface area contributed by atoms with Crippen molar-refractivity contribution in [2.75, 3.05) is 13.1 Å². The number of carbonyl (C=O) groups is 2. The van der Waals surface area contributed by atoms with Crippen LogP contribution in [0.3, 0.4) is 0 Å². The molecule has 0 aliphatic carbocycles. The zero-order valence-electron chi connectivity index (χ0n) is 16.7. The molecule has 2 amide bonds. The van der Waals surface area contributed by atoms with Gasteiger partial charge in [0.05, 0.1) is 11.4 Å². The molecule has 1 saturated heterocycles. The number of benzene rings is 1. The molecule has 3 aromatic rings. The maximum atomic E-state index is 13.5. The molecular weight excluding hydrogens is 366 g/mol. The lowest BCUT2D eigenvalue weighted by Crippen LogP contribution is -2.42. The summed E-state index contributed by atoms with van der Waals surface area (Å²) in [5, 5.41) is 4.71. The molecule has 1 aliphatic heterocycles. The van der Waals surface area contributed by atoms with Gasteiger partial charge in [0.2, 0.25) is 5.91 Å². The van der Waals surface area contributed by atoms with E-state index in [0.29, 0.717) is 37.2 Å². The molecule has 0 saturated carbocycles. The van der Waals surface area contributed by atoms with E-state index in [9.17, 15) is 9.59 Å². The minimum Gasteiger partial charge on any atom is -0.369 e. The van der Waals surface area contributed by atoms with E-state index >= 15 is 0 Å². The Morgan fingerprint density at radius 3 is 2.38 bits per heavy atom. The van der Waals surface area contributed by atoms with E-state index in [1.165, 1.54) is 0 Å². The molecule has 2 N–H and O–H groups in total. The minimum absolute atomic E-state index is 0.0620. The maximum absolute atomic E-state index is 13.5. The first kappa shape index (κ1) is 19.0. The van der Waals surface area contributed by atoms with Crippen LogP contribution in [0.1, 0.15) is 34.5 Å². The summed E-state index contributed by atoms with van der Waals surface area (Å²) in [7, 11) is 0. The topological polar surface area (TPSA) is 86.2 Å². The average Bonchev–Trinajstić information content (AvgIpc) is 3.35. The fourth-order valence-electron chi connectivity index (χ4n) is 3.94. The van der Waals surface area contributed by atoms with Gasteiger partial charge in [0.25, 0.3) is 5.91 Å². The number of carbonyl (C=O) groups excluding carboxylic acids is 2. The fraction of sp³-hybridized carbons (Fsp3) is 0.318. The lowest BCUT2D eigenvalue weighted by atomic mass is 9.96. The van der Waals surface area contributed by atoms with Gasteiger partial charge in [-0.3, -0.25) is 9.59 Å². The highest BCUT2D eigenvalue weighted by Gasteiger charge is 2.31. The highest BCUT2D eigenvalue weighted by Crippen LogP contribution is 2.27. The average molecular weight is 391 g/mol. The van der Waals surface area contributed by atoms with Crippen LogP contribution in [0.2, 0.25) is 0 Å². The van der Waals surface area contributed by atoms with E-state index in [0.717, 1.165) is 17.1 Å². The van der Waals surface area contributed by atoms with Crippen LogP contribution in [0.4, 0.5) is 0 Å². The van der Waals surface area contributed by atoms with Crippen molar-refractivity contribution in [3.05, 3.63) is 65.6 Å². The number of piperidine rings is 1. The molecule has 4 rings (SSSR count). The summed E-state index contributed by atoms with van der Waals surface area (Å²) >= 11 is 0. The third-order valence-electron chi connectivity index (χ3n) is 5.53. The molecule has 7 heteroatoms. The smallest absolute Gasteiger partial charge is 0.259 e. The SMILES string of the molecule is Cc1cccc(-n2nc(C)c(C(=O)N3CCC(C(N)=O)CC3)c2-n2cccc2)c1. The van der Waals surface area contributed by atoms with Crippen LogP contribution in [0.15, 0.2) is 48.8 Å². The summed E-state index contributed by atoms with van der Waals surface area (Å²) in [5.41, 5.74) is 8.72. The van der Waals surface area contributed by atoms with Crippen LogP contribution < -0.4 is 5.73 Å². The Bertz CT molecular complexity index is 1040. The number of rotatable bonds is 4. The number of nitrogens with zero attached hydrogens (tertiary/aromatic N) is 4. The third-order valence-corrected chi connectivity index (χ3v) is 5.53. The van der Waals surface area contributed by atoms with Crippen LogP contribution in [-0.4, -0.2) is 44.2 Å². The van der Waals surface area contributed by atoms with E-state index in [2.05, 4.69) is 0 Å². The number of likely N-dealkylation sites (tertiary alicyclic amines) is 1.